The second-order valence-corrected chi connectivity index (χ2v) is 3.26. The Morgan fingerprint density at radius 3 is 2.67 bits per heavy atom. The van der Waals surface area contributed by atoms with Crippen LogP contribution in [0.2, 0.25) is 0 Å². The first-order valence-electron chi connectivity index (χ1n) is 3.89. The molecule has 0 spiro atoms. The molecule has 0 saturated heterocycles. The molecule has 0 rings (SSSR count). The molecule has 4 heteroatoms. The van der Waals surface area contributed by atoms with Crippen LogP contribution in [0.25, 0.3) is 0 Å². The monoisotopic (exact) mass is 171 g/mol. The highest BCUT2D eigenvalue weighted by molar-refractivity contribution is 5.02. The van der Waals surface area contributed by atoms with Crippen LogP contribution in [0.4, 0.5) is 0 Å². The molecule has 1 atom stereocenters. The second kappa shape index (κ2) is 5.09. The summed E-state index contributed by atoms with van der Waals surface area (Å²) in [6, 6.07) is 2.04. The maximum Gasteiger partial charge on any atom is 0.114 e. The van der Waals surface area contributed by atoms with Crippen LogP contribution in [0.5, 0.6) is 0 Å². The zero-order valence-corrected chi connectivity index (χ0v) is 8.00. The summed E-state index contributed by atoms with van der Waals surface area (Å²) in [6.45, 7) is 3.74. The van der Waals surface area contributed by atoms with Gasteiger partial charge in [0.25, 0.3) is 0 Å². The Kier molecular flexibility index (Phi) is 4.83. The first-order chi connectivity index (χ1) is 5.52. The molecule has 0 saturated carbocycles. The lowest BCUT2D eigenvalue weighted by Crippen LogP contribution is -2.46. The van der Waals surface area contributed by atoms with Crippen LogP contribution < -0.4 is 5.73 Å². The van der Waals surface area contributed by atoms with Crippen molar-refractivity contribution in [3.8, 4) is 6.07 Å². The Labute approximate surface area is 73.9 Å². The first-order valence-corrected chi connectivity index (χ1v) is 3.89. The van der Waals surface area contributed by atoms with Crippen molar-refractivity contribution in [3.05, 3.63) is 0 Å². The number of ether oxygens (including phenoxy) is 1. The van der Waals surface area contributed by atoms with Crippen molar-refractivity contribution in [3.63, 3.8) is 0 Å². The fourth-order valence-corrected chi connectivity index (χ4v) is 0.922. The molecule has 0 fully saturated rings. The van der Waals surface area contributed by atoms with E-state index in [1.807, 2.05) is 18.0 Å². The van der Waals surface area contributed by atoms with Crippen LogP contribution in [0, 0.1) is 11.3 Å². The molecule has 0 amide bonds. The van der Waals surface area contributed by atoms with Crippen LogP contribution in [0.3, 0.4) is 0 Å². The van der Waals surface area contributed by atoms with Gasteiger partial charge in [-0.3, -0.25) is 0 Å². The van der Waals surface area contributed by atoms with Crippen molar-refractivity contribution < 1.29 is 4.74 Å². The van der Waals surface area contributed by atoms with Crippen LogP contribution in [-0.4, -0.2) is 44.3 Å². The Morgan fingerprint density at radius 1 is 1.67 bits per heavy atom. The van der Waals surface area contributed by atoms with Crippen LogP contribution in [0.15, 0.2) is 0 Å². The third kappa shape index (κ3) is 5.08. The molecule has 0 aliphatic carbocycles. The number of nitrogens with two attached hydrogens (primary N) is 1. The Morgan fingerprint density at radius 2 is 2.25 bits per heavy atom. The molecular formula is C8H17N3O. The quantitative estimate of drug-likeness (QED) is 0.622. The van der Waals surface area contributed by atoms with Gasteiger partial charge in [-0.25, -0.2) is 0 Å². The Hall–Kier alpha value is -0.630. The van der Waals surface area contributed by atoms with Gasteiger partial charge in [0, 0.05) is 20.2 Å². The van der Waals surface area contributed by atoms with Gasteiger partial charge in [0.05, 0.1) is 12.7 Å². The van der Waals surface area contributed by atoms with E-state index in [4.69, 9.17) is 15.7 Å². The number of likely N-dealkylation sites (N-methyl/N-ethyl adjacent to an activating group) is 1. The van der Waals surface area contributed by atoms with Gasteiger partial charge in [-0.1, -0.05) is 0 Å². The largest absolute Gasteiger partial charge is 0.383 e. The SMILES string of the molecule is COCCN(C)CC(C)(N)C#N. The molecule has 2 N–H and O–H groups in total. The van der Waals surface area contributed by atoms with E-state index in [1.54, 1.807) is 14.0 Å². The van der Waals surface area contributed by atoms with Crippen molar-refractivity contribution in [2.24, 2.45) is 5.73 Å². The maximum atomic E-state index is 8.64. The number of hydrogen-bond donors (Lipinski definition) is 1. The van der Waals surface area contributed by atoms with Gasteiger partial charge in [-0.05, 0) is 14.0 Å². The van der Waals surface area contributed by atoms with E-state index in [2.05, 4.69) is 0 Å². The summed E-state index contributed by atoms with van der Waals surface area (Å²) in [7, 11) is 3.57. The standard InChI is InChI=1S/C8H17N3O/c1-8(10,6-9)7-11(2)4-5-12-3/h4-5,7,10H2,1-3H3. The molecule has 70 valence electrons. The molecule has 4 nitrogen and oxygen atoms in total. The highest BCUT2D eigenvalue weighted by Gasteiger charge is 2.18. The average molecular weight is 171 g/mol. The molecule has 0 aromatic heterocycles. The van der Waals surface area contributed by atoms with Gasteiger partial charge in [0.1, 0.15) is 5.54 Å². The fourth-order valence-electron chi connectivity index (χ4n) is 0.922. The molecule has 0 radical (unpaired) electrons. The summed E-state index contributed by atoms with van der Waals surface area (Å²) in [5.74, 6) is 0. The van der Waals surface area contributed by atoms with E-state index >= 15 is 0 Å². The summed E-state index contributed by atoms with van der Waals surface area (Å²) in [5, 5.41) is 8.64. The van der Waals surface area contributed by atoms with Crippen molar-refractivity contribution in [2.45, 2.75) is 12.5 Å². The third-order valence-electron chi connectivity index (χ3n) is 1.53. The van der Waals surface area contributed by atoms with Gasteiger partial charge < -0.3 is 15.4 Å². The average Bonchev–Trinajstić information content (AvgIpc) is 2.00. The molecule has 12 heavy (non-hydrogen) atoms. The van der Waals surface area contributed by atoms with E-state index in [-0.39, 0.29) is 0 Å². The predicted molar refractivity (Wildman–Crippen MR) is 47.6 cm³/mol. The summed E-state index contributed by atoms with van der Waals surface area (Å²) in [5.41, 5.74) is 4.88. The molecular weight excluding hydrogens is 154 g/mol. The lowest BCUT2D eigenvalue weighted by Gasteiger charge is -2.23. The summed E-state index contributed by atoms with van der Waals surface area (Å²) < 4.78 is 4.90. The minimum Gasteiger partial charge on any atom is -0.383 e. The van der Waals surface area contributed by atoms with Crippen LogP contribution >= 0.6 is 0 Å². The fraction of sp³-hybridized carbons (Fsp3) is 0.875. The van der Waals surface area contributed by atoms with Gasteiger partial charge in [0.2, 0.25) is 0 Å². The number of nitriles is 1. The minimum absolute atomic E-state index is 0.562. The first kappa shape index (κ1) is 11.4. The van der Waals surface area contributed by atoms with Gasteiger partial charge >= 0.3 is 0 Å². The molecule has 0 aliphatic heterocycles. The number of rotatable bonds is 5. The number of nitrogens with zero attached hydrogens (tertiary/aromatic N) is 2. The molecule has 0 aromatic carbocycles. The molecule has 0 bridgehead atoms. The Bertz CT molecular complexity index is 162. The van der Waals surface area contributed by atoms with E-state index in [0.717, 1.165) is 6.54 Å². The van der Waals surface area contributed by atoms with Crippen LogP contribution in [-0.2, 0) is 4.74 Å². The highest BCUT2D eigenvalue weighted by Crippen LogP contribution is 1.98. The third-order valence-corrected chi connectivity index (χ3v) is 1.53. The molecule has 0 aromatic rings. The van der Waals surface area contributed by atoms with E-state index in [0.29, 0.717) is 13.2 Å². The molecule has 0 aliphatic rings. The van der Waals surface area contributed by atoms with Gasteiger partial charge in [0.15, 0.2) is 0 Å². The zero-order chi connectivity index (χ0) is 9.61. The zero-order valence-electron chi connectivity index (χ0n) is 8.00. The minimum atomic E-state index is -0.761. The smallest absolute Gasteiger partial charge is 0.114 e. The lowest BCUT2D eigenvalue weighted by molar-refractivity contribution is 0.154. The molecule has 1 unspecified atom stereocenters. The number of hydrogen-bond acceptors (Lipinski definition) is 4. The topological polar surface area (TPSA) is 62.3 Å². The maximum absolute atomic E-state index is 8.64. The summed E-state index contributed by atoms with van der Waals surface area (Å²) in [6.07, 6.45) is 0. The molecule has 0 heterocycles. The van der Waals surface area contributed by atoms with Crippen molar-refractivity contribution in [1.82, 2.24) is 4.90 Å². The van der Waals surface area contributed by atoms with Crippen molar-refractivity contribution in [1.29, 1.82) is 5.26 Å². The normalized spacial score (nSPS) is 15.7. The van der Waals surface area contributed by atoms with Crippen molar-refractivity contribution in [2.75, 3.05) is 33.9 Å². The summed E-state index contributed by atoms with van der Waals surface area (Å²) >= 11 is 0. The van der Waals surface area contributed by atoms with Gasteiger partial charge in [-0.15, -0.1) is 0 Å². The number of methoxy groups -OCH3 is 1. The van der Waals surface area contributed by atoms with Crippen molar-refractivity contribution >= 4 is 0 Å². The van der Waals surface area contributed by atoms with E-state index < -0.39 is 5.54 Å². The van der Waals surface area contributed by atoms with Crippen LogP contribution in [0.1, 0.15) is 6.92 Å². The van der Waals surface area contributed by atoms with E-state index in [9.17, 15) is 0 Å². The van der Waals surface area contributed by atoms with Gasteiger partial charge in [-0.2, -0.15) is 5.26 Å². The highest BCUT2D eigenvalue weighted by atomic mass is 16.5. The predicted octanol–water partition coefficient (Wildman–Crippen LogP) is -0.194. The second-order valence-electron chi connectivity index (χ2n) is 3.26. The Balaban J connectivity index is 3.69. The van der Waals surface area contributed by atoms with E-state index in [1.165, 1.54) is 0 Å². The summed E-state index contributed by atoms with van der Waals surface area (Å²) in [4.78, 5) is 1.98. The lowest BCUT2D eigenvalue weighted by atomic mass is 10.1.